The Balaban J connectivity index is 4.34. The number of carboxylic acids is 1. The lowest BCUT2D eigenvalue weighted by Crippen LogP contribution is -2.47. The smallest absolute Gasteiger partial charge is 0.328 e. The highest BCUT2D eigenvalue weighted by Crippen LogP contribution is 2.15. The third kappa shape index (κ3) is 30.4. The Labute approximate surface area is 291 Å². The summed E-state index contributed by atoms with van der Waals surface area (Å²) in [7, 11) is 0. The largest absolute Gasteiger partial charge is 0.480 e. The topological polar surface area (TPSA) is 142 Å². The van der Waals surface area contributed by atoms with Gasteiger partial charge in [0.1, 0.15) is 12.1 Å². The predicted octanol–water partition coefficient (Wildman–Crippen LogP) is 8.26. The average Bonchev–Trinajstić information content (AvgIpc) is 3.07. The van der Waals surface area contributed by atoms with Crippen LogP contribution in [0.15, 0.2) is 36.5 Å². The summed E-state index contributed by atoms with van der Waals surface area (Å²) in [5.41, 5.74) is 0. The van der Waals surface area contributed by atoms with Gasteiger partial charge in [-0.15, -0.1) is 0 Å². The highest BCUT2D eigenvalue weighted by Gasteiger charge is 2.18. The number of aliphatic hydroxyl groups excluding tert-OH is 1. The molecule has 9 heteroatoms. The minimum Gasteiger partial charge on any atom is -0.480 e. The quantitative estimate of drug-likeness (QED) is 0.0311. The summed E-state index contributed by atoms with van der Waals surface area (Å²) in [6.45, 7) is 3.38. The van der Waals surface area contributed by atoms with Gasteiger partial charge in [-0.25, -0.2) is 4.79 Å². The Morgan fingerprint density at radius 3 is 1.88 bits per heavy atom. The molecule has 0 aromatic rings. The lowest BCUT2D eigenvalue weighted by Gasteiger charge is -2.15. The first-order valence-electron chi connectivity index (χ1n) is 18.9. The number of ether oxygens (including phenoxy) is 1. The van der Waals surface area contributed by atoms with E-state index in [1.54, 1.807) is 0 Å². The van der Waals surface area contributed by atoms with E-state index in [9.17, 15) is 19.2 Å². The number of unbranched alkanes of at least 4 members (excludes halogenated alkanes) is 15. The fraction of sp³-hybridized carbons (Fsp3) is 0.744. The fourth-order valence-corrected chi connectivity index (χ4v) is 5.13. The molecule has 0 radical (unpaired) electrons. The van der Waals surface area contributed by atoms with Gasteiger partial charge in [-0.3, -0.25) is 14.4 Å². The number of nitrogens with one attached hydrogen (secondary N) is 2. The number of aliphatic hydroxyl groups is 1. The first kappa shape index (κ1) is 45.1. The van der Waals surface area contributed by atoms with Gasteiger partial charge in [0.15, 0.2) is 0 Å². The van der Waals surface area contributed by atoms with Gasteiger partial charge >= 0.3 is 11.9 Å². The first-order valence-corrected chi connectivity index (χ1v) is 18.9. The number of carbonyl (C=O) groups is 4. The second-order valence-corrected chi connectivity index (χ2v) is 12.7. The summed E-state index contributed by atoms with van der Waals surface area (Å²) in [5, 5.41) is 22.4. The number of allylic oxidation sites excluding steroid dienone is 5. The van der Waals surface area contributed by atoms with Crippen molar-refractivity contribution in [3.63, 3.8) is 0 Å². The van der Waals surface area contributed by atoms with Crippen molar-refractivity contribution in [2.75, 3.05) is 13.2 Å². The zero-order chi connectivity index (χ0) is 35.5. The van der Waals surface area contributed by atoms with Crippen LogP contribution >= 0.6 is 0 Å². The van der Waals surface area contributed by atoms with E-state index in [4.69, 9.17) is 14.9 Å². The molecular weight excluding hydrogens is 608 g/mol. The zero-order valence-corrected chi connectivity index (χ0v) is 30.2. The van der Waals surface area contributed by atoms with E-state index < -0.39 is 24.5 Å². The second kappa shape index (κ2) is 33.9. The van der Waals surface area contributed by atoms with Crippen LogP contribution in [0.5, 0.6) is 0 Å². The van der Waals surface area contributed by atoms with Crippen LogP contribution in [0.25, 0.3) is 0 Å². The van der Waals surface area contributed by atoms with Crippen molar-refractivity contribution in [2.24, 2.45) is 0 Å². The van der Waals surface area contributed by atoms with Crippen molar-refractivity contribution in [3.8, 4) is 0 Å². The van der Waals surface area contributed by atoms with E-state index in [-0.39, 0.29) is 24.5 Å². The Hall–Kier alpha value is -2.94. The van der Waals surface area contributed by atoms with Gasteiger partial charge in [0, 0.05) is 12.8 Å². The van der Waals surface area contributed by atoms with Crippen LogP contribution < -0.4 is 10.6 Å². The fourth-order valence-electron chi connectivity index (χ4n) is 5.13. The van der Waals surface area contributed by atoms with Crippen LogP contribution in [0.1, 0.15) is 162 Å². The summed E-state index contributed by atoms with van der Waals surface area (Å²) in [6.07, 6.45) is 36.2. The molecule has 0 aromatic heterocycles. The number of aliphatic carboxylic acids is 1. The number of hydrogen-bond donors (Lipinski definition) is 4. The molecule has 0 saturated heterocycles. The maximum Gasteiger partial charge on any atom is 0.328 e. The molecule has 0 saturated carbocycles. The third-order valence-electron chi connectivity index (χ3n) is 8.07. The van der Waals surface area contributed by atoms with Gasteiger partial charge in [0.05, 0.1) is 13.2 Å². The van der Waals surface area contributed by atoms with Crippen LogP contribution in [0, 0.1) is 0 Å². The molecule has 0 spiro atoms. The van der Waals surface area contributed by atoms with E-state index >= 15 is 0 Å². The Bertz CT molecular complexity index is 916. The van der Waals surface area contributed by atoms with Gasteiger partial charge in [-0.05, 0) is 70.3 Å². The molecule has 276 valence electrons. The standard InChI is InChI=1S/C39H68N2O7/c1-3-5-7-9-11-13-15-17-23-27-31-38(45)48-34(28-24-20-16-14-12-10-8-6-4-2)29-25-21-18-19-22-26-30-36(43)40-32-37(44)41-35(33-42)39(46)47/h7,9,14,16,24,28,34-35,42H,3-6,8,10-13,15,17-23,25-27,29-33H2,1-2H3,(H,40,43)(H,41,44)(H,46,47)/b9-7-,16-14-,28-24-. The summed E-state index contributed by atoms with van der Waals surface area (Å²) in [5.74, 6) is -2.36. The highest BCUT2D eigenvalue weighted by molar-refractivity contribution is 5.87. The van der Waals surface area contributed by atoms with Crippen LogP contribution in [0.3, 0.4) is 0 Å². The van der Waals surface area contributed by atoms with Crippen LogP contribution in [-0.4, -0.2) is 59.3 Å². The Morgan fingerprint density at radius 1 is 0.646 bits per heavy atom. The second-order valence-electron chi connectivity index (χ2n) is 12.7. The number of esters is 1. The number of carboxylic acid groups (broad SMARTS) is 1. The minimum atomic E-state index is -1.38. The van der Waals surface area contributed by atoms with Gasteiger partial charge in [-0.1, -0.05) is 115 Å². The molecule has 0 heterocycles. The van der Waals surface area contributed by atoms with Gasteiger partial charge < -0.3 is 25.6 Å². The lowest BCUT2D eigenvalue weighted by atomic mass is 10.1. The Kier molecular flexibility index (Phi) is 31.9. The molecule has 0 bridgehead atoms. The SMILES string of the molecule is CCC/C=C\CCCCCCCC(=O)OC(/C=C\C/C=C\CCCCCC)CCCCCCCCC(=O)NCC(=O)NC(CO)C(=O)O. The summed E-state index contributed by atoms with van der Waals surface area (Å²) in [4.78, 5) is 47.2. The van der Waals surface area contributed by atoms with Gasteiger partial charge in [0.2, 0.25) is 11.8 Å². The zero-order valence-electron chi connectivity index (χ0n) is 30.2. The van der Waals surface area contributed by atoms with E-state index in [0.717, 1.165) is 83.5 Å². The monoisotopic (exact) mass is 677 g/mol. The first-order chi connectivity index (χ1) is 23.3. The van der Waals surface area contributed by atoms with Gasteiger partial charge in [0.25, 0.3) is 0 Å². The van der Waals surface area contributed by atoms with E-state index in [2.05, 4.69) is 60.9 Å². The molecule has 0 fully saturated rings. The average molecular weight is 677 g/mol. The van der Waals surface area contributed by atoms with Crippen molar-refractivity contribution in [3.05, 3.63) is 36.5 Å². The molecule has 4 N–H and O–H groups in total. The normalized spacial score (nSPS) is 12.9. The van der Waals surface area contributed by atoms with Crippen LogP contribution in [-0.2, 0) is 23.9 Å². The van der Waals surface area contributed by atoms with Crippen molar-refractivity contribution in [2.45, 2.75) is 174 Å². The van der Waals surface area contributed by atoms with Crippen molar-refractivity contribution >= 4 is 23.8 Å². The van der Waals surface area contributed by atoms with Crippen molar-refractivity contribution < 1.29 is 34.1 Å². The molecule has 0 aliphatic carbocycles. The summed E-state index contributed by atoms with van der Waals surface area (Å²) < 4.78 is 5.88. The molecular formula is C39H68N2O7. The molecule has 2 amide bonds. The van der Waals surface area contributed by atoms with Crippen LogP contribution in [0.2, 0.25) is 0 Å². The number of rotatable bonds is 33. The van der Waals surface area contributed by atoms with Crippen molar-refractivity contribution in [1.82, 2.24) is 10.6 Å². The molecule has 0 aliphatic rings. The highest BCUT2D eigenvalue weighted by atomic mass is 16.5. The molecule has 0 aliphatic heterocycles. The van der Waals surface area contributed by atoms with E-state index in [0.29, 0.717) is 19.3 Å². The predicted molar refractivity (Wildman–Crippen MR) is 195 cm³/mol. The van der Waals surface area contributed by atoms with Crippen LogP contribution in [0.4, 0.5) is 0 Å². The summed E-state index contributed by atoms with van der Waals surface area (Å²) in [6, 6.07) is -1.38. The number of hydrogen-bond acceptors (Lipinski definition) is 6. The molecule has 0 aromatic carbocycles. The maximum atomic E-state index is 12.6. The summed E-state index contributed by atoms with van der Waals surface area (Å²) >= 11 is 0. The maximum absolute atomic E-state index is 12.6. The van der Waals surface area contributed by atoms with E-state index in [1.165, 1.54) is 44.9 Å². The molecule has 2 unspecified atom stereocenters. The number of amides is 2. The molecule has 48 heavy (non-hydrogen) atoms. The molecule has 0 rings (SSSR count). The molecule has 9 nitrogen and oxygen atoms in total. The van der Waals surface area contributed by atoms with E-state index in [1.807, 2.05) is 0 Å². The number of carbonyl (C=O) groups excluding carboxylic acids is 3. The third-order valence-corrected chi connectivity index (χ3v) is 8.07. The Morgan fingerprint density at radius 2 is 1.23 bits per heavy atom. The van der Waals surface area contributed by atoms with Crippen molar-refractivity contribution in [1.29, 1.82) is 0 Å². The minimum absolute atomic E-state index is 0.107. The molecule has 2 atom stereocenters. The lowest BCUT2D eigenvalue weighted by molar-refractivity contribution is -0.147. The van der Waals surface area contributed by atoms with Gasteiger partial charge in [-0.2, -0.15) is 0 Å².